The Morgan fingerprint density at radius 2 is 0.600 bits per heavy atom. The molecule has 0 amide bonds. The minimum Gasteiger partial charge on any atom is -0.854 e. The van der Waals surface area contributed by atoms with Gasteiger partial charge in [-0.25, -0.2) is 0 Å². The Balaban J connectivity index is -0.0000000300. The molecular weight excluding hydrogens is 300 g/mol. The third kappa shape index (κ3) is 199. The quantitative estimate of drug-likeness (QED) is 0.322. The van der Waals surface area contributed by atoms with Gasteiger partial charge in [0.2, 0.25) is 0 Å². The van der Waals surface area contributed by atoms with Crippen LogP contribution in [0.15, 0.2) is 0 Å². The summed E-state index contributed by atoms with van der Waals surface area (Å²) >= 11 is 0. The molecule has 0 aromatic carbocycles. The molecule has 0 atom stereocenters. The summed E-state index contributed by atoms with van der Waals surface area (Å²) in [6.07, 6.45) is 0. The van der Waals surface area contributed by atoms with Crippen LogP contribution in [-0.4, -0.2) is 43.2 Å². The molecule has 0 fully saturated rings. The molecule has 0 heterocycles. The van der Waals surface area contributed by atoms with Crippen LogP contribution in [0.4, 0.5) is 0 Å². The van der Waals surface area contributed by atoms with Gasteiger partial charge in [-0.1, -0.05) is 0 Å². The SMILES string of the molecule is [Al+3].[In+3].[O-]P([O-])[O-].[O-]P([O-])[O-]. The van der Waals surface area contributed by atoms with Crippen LogP contribution in [0.3, 0.4) is 0 Å². The molecule has 10 heavy (non-hydrogen) atoms. The minimum absolute atomic E-state index is 0. The molecule has 52 valence electrons. The van der Waals surface area contributed by atoms with Crippen LogP contribution in [0.1, 0.15) is 0 Å². The van der Waals surface area contributed by atoms with Crippen molar-refractivity contribution in [3.63, 3.8) is 0 Å². The summed E-state index contributed by atoms with van der Waals surface area (Å²) in [5.41, 5.74) is 0. The van der Waals surface area contributed by atoms with E-state index in [2.05, 4.69) is 0 Å². The summed E-state index contributed by atoms with van der Waals surface area (Å²) in [5.74, 6) is 0. The first kappa shape index (κ1) is 22.7. The zero-order valence-electron chi connectivity index (χ0n) is 4.50. The fourth-order valence-electron chi connectivity index (χ4n) is 0. The number of rotatable bonds is 0. The molecule has 0 saturated heterocycles. The van der Waals surface area contributed by atoms with Gasteiger partial charge >= 0.3 is 43.2 Å². The zero-order chi connectivity index (χ0) is 7.15. The van der Waals surface area contributed by atoms with Crippen molar-refractivity contribution in [1.29, 1.82) is 0 Å². The summed E-state index contributed by atoms with van der Waals surface area (Å²) in [6, 6.07) is 0. The Bertz CT molecular complexity index is 31.2. The fraction of sp³-hybridized carbons (Fsp3) is 0. The van der Waals surface area contributed by atoms with Gasteiger partial charge in [-0.05, 0) is 0 Å². The van der Waals surface area contributed by atoms with E-state index in [0.717, 1.165) is 0 Å². The number of hydrogen-bond donors (Lipinski definition) is 0. The van der Waals surface area contributed by atoms with E-state index in [0.29, 0.717) is 0 Å². The minimum atomic E-state index is -3.37. The molecule has 0 aromatic rings. The molecule has 0 radical (unpaired) electrons. The summed E-state index contributed by atoms with van der Waals surface area (Å²) in [7, 11) is -6.74. The van der Waals surface area contributed by atoms with Gasteiger partial charge in [0.25, 0.3) is 0 Å². The second kappa shape index (κ2) is 17.2. The van der Waals surface area contributed by atoms with Crippen molar-refractivity contribution in [3.8, 4) is 0 Å². The largest absolute Gasteiger partial charge is 3.00 e. The summed E-state index contributed by atoms with van der Waals surface area (Å²) in [5, 5.41) is 0. The van der Waals surface area contributed by atoms with Gasteiger partial charge in [0, 0.05) is 0 Å². The van der Waals surface area contributed by atoms with E-state index in [1.165, 1.54) is 0 Å². The maximum absolute atomic E-state index is 8.48. The van der Waals surface area contributed by atoms with E-state index in [-0.39, 0.29) is 43.2 Å². The zero-order valence-corrected chi connectivity index (χ0v) is 10.7. The molecular formula is AlInO6P2. The Labute approximate surface area is 89.4 Å². The molecule has 0 N–H and O–H groups in total. The van der Waals surface area contributed by atoms with Crippen molar-refractivity contribution in [1.82, 2.24) is 0 Å². The Morgan fingerprint density at radius 1 is 0.600 bits per heavy atom. The summed E-state index contributed by atoms with van der Waals surface area (Å²) in [6.45, 7) is 0. The van der Waals surface area contributed by atoms with Gasteiger partial charge in [-0.2, -0.15) is 0 Å². The van der Waals surface area contributed by atoms with Crippen molar-refractivity contribution in [3.05, 3.63) is 0 Å². The Kier molecular flexibility index (Phi) is 39.0. The first-order valence-corrected chi connectivity index (χ1v) is 3.29. The normalized spacial score (nSPS) is 7.20. The Morgan fingerprint density at radius 3 is 0.600 bits per heavy atom. The second-order valence-electron chi connectivity index (χ2n) is 0.447. The predicted octanol–water partition coefficient (Wildman–Crippen LogP) is -6.17. The van der Waals surface area contributed by atoms with E-state index < -0.39 is 17.2 Å². The molecule has 0 aliphatic carbocycles. The van der Waals surface area contributed by atoms with Crippen molar-refractivity contribution in [2.75, 3.05) is 0 Å². The van der Waals surface area contributed by atoms with E-state index in [1.54, 1.807) is 0 Å². The van der Waals surface area contributed by atoms with Crippen LogP contribution in [0.2, 0.25) is 0 Å². The first-order chi connectivity index (χ1) is 3.46. The third-order valence-electron chi connectivity index (χ3n) is 0. The maximum Gasteiger partial charge on any atom is 3.00 e. The fourth-order valence-corrected chi connectivity index (χ4v) is 0. The van der Waals surface area contributed by atoms with Crippen molar-refractivity contribution < 1.29 is 29.4 Å². The molecule has 0 unspecified atom stereocenters. The van der Waals surface area contributed by atoms with E-state index in [1.807, 2.05) is 0 Å². The van der Waals surface area contributed by atoms with E-state index in [9.17, 15) is 0 Å². The van der Waals surface area contributed by atoms with Gasteiger partial charge in [-0.15, -0.1) is 0 Å². The molecule has 0 aromatic heterocycles. The molecule has 10 heteroatoms. The molecule has 0 saturated carbocycles. The molecule has 0 bridgehead atoms. The first-order valence-electron chi connectivity index (χ1n) is 1.10. The monoisotopic (exact) mass is 300 g/mol. The van der Waals surface area contributed by atoms with Crippen LogP contribution in [-0.2, 0) is 0 Å². The smallest absolute Gasteiger partial charge is 0.854 e. The van der Waals surface area contributed by atoms with Gasteiger partial charge in [0.15, 0.2) is 0 Å². The molecule has 6 nitrogen and oxygen atoms in total. The molecule has 0 rings (SSSR count). The average molecular weight is 300 g/mol. The molecule has 0 aliphatic heterocycles. The van der Waals surface area contributed by atoms with Gasteiger partial charge in [0.05, 0.1) is 0 Å². The van der Waals surface area contributed by atoms with E-state index >= 15 is 0 Å². The van der Waals surface area contributed by atoms with Crippen molar-refractivity contribution in [2.45, 2.75) is 0 Å². The number of hydrogen-bond acceptors (Lipinski definition) is 6. The van der Waals surface area contributed by atoms with Crippen molar-refractivity contribution in [2.24, 2.45) is 0 Å². The maximum atomic E-state index is 8.48. The van der Waals surface area contributed by atoms with Crippen molar-refractivity contribution >= 4 is 60.4 Å². The Hall–Kier alpha value is 2.02. The average Bonchev–Trinajstić information content (AvgIpc) is 1.25. The van der Waals surface area contributed by atoms with Gasteiger partial charge in [0.1, 0.15) is 0 Å². The standard InChI is InChI=1S/Al.In.2O3P/c;;2*1-4(2)3/q2*+3;2*-3. The molecule has 0 aliphatic rings. The summed E-state index contributed by atoms with van der Waals surface area (Å²) < 4.78 is 0. The van der Waals surface area contributed by atoms with Crippen LogP contribution in [0.25, 0.3) is 0 Å². The van der Waals surface area contributed by atoms with Gasteiger partial charge in [-0.3, -0.25) is 0 Å². The third-order valence-corrected chi connectivity index (χ3v) is 0. The predicted molar refractivity (Wildman–Crippen MR) is 25.3 cm³/mol. The second-order valence-corrected chi connectivity index (χ2v) is 1.34. The van der Waals surface area contributed by atoms with Crippen LogP contribution in [0, 0.1) is 0 Å². The molecule has 0 spiro atoms. The van der Waals surface area contributed by atoms with Crippen LogP contribution < -0.4 is 29.4 Å². The van der Waals surface area contributed by atoms with Crippen LogP contribution in [0.5, 0.6) is 0 Å². The van der Waals surface area contributed by atoms with Gasteiger partial charge < -0.3 is 46.6 Å². The summed E-state index contributed by atoms with van der Waals surface area (Å²) in [4.78, 5) is 50.9. The topological polar surface area (TPSA) is 138 Å². The van der Waals surface area contributed by atoms with E-state index in [4.69, 9.17) is 29.4 Å². The van der Waals surface area contributed by atoms with Crippen LogP contribution >= 0.6 is 17.2 Å².